The number of hydrogen-bond acceptors (Lipinski definition) is 3. The Bertz CT molecular complexity index is 890. The SMILES string of the molecule is CCOC(=O)c1cc(C2CC2)c2c(c1)oc1cc(F)ccc12. The Morgan fingerprint density at radius 1 is 1.27 bits per heavy atom. The van der Waals surface area contributed by atoms with Crippen molar-refractivity contribution in [1.29, 1.82) is 0 Å². The third-order valence-corrected chi connectivity index (χ3v) is 4.09. The molecular formula is C18H15FO3. The van der Waals surface area contributed by atoms with Crippen LogP contribution in [0.4, 0.5) is 4.39 Å². The first-order valence-electron chi connectivity index (χ1n) is 7.50. The van der Waals surface area contributed by atoms with Crippen LogP contribution in [0.25, 0.3) is 21.9 Å². The van der Waals surface area contributed by atoms with Gasteiger partial charge in [-0.3, -0.25) is 0 Å². The molecule has 1 aliphatic rings. The van der Waals surface area contributed by atoms with E-state index in [1.807, 2.05) is 6.07 Å². The summed E-state index contributed by atoms with van der Waals surface area (Å²) < 4.78 is 24.3. The predicted molar refractivity (Wildman–Crippen MR) is 81.6 cm³/mol. The molecule has 0 radical (unpaired) electrons. The van der Waals surface area contributed by atoms with Gasteiger partial charge in [0.1, 0.15) is 17.0 Å². The molecular weight excluding hydrogens is 283 g/mol. The van der Waals surface area contributed by atoms with Gasteiger partial charge in [-0.1, -0.05) is 0 Å². The van der Waals surface area contributed by atoms with Crippen LogP contribution in [-0.4, -0.2) is 12.6 Å². The van der Waals surface area contributed by atoms with E-state index in [4.69, 9.17) is 9.15 Å². The Labute approximate surface area is 126 Å². The zero-order valence-corrected chi connectivity index (χ0v) is 12.2. The fourth-order valence-corrected chi connectivity index (χ4v) is 2.96. The Kier molecular flexibility index (Phi) is 2.93. The largest absolute Gasteiger partial charge is 0.462 e. The van der Waals surface area contributed by atoms with Gasteiger partial charge in [0.15, 0.2) is 0 Å². The molecule has 0 bridgehead atoms. The Morgan fingerprint density at radius 3 is 2.82 bits per heavy atom. The van der Waals surface area contributed by atoms with Gasteiger partial charge >= 0.3 is 5.97 Å². The first-order valence-corrected chi connectivity index (χ1v) is 7.50. The highest BCUT2D eigenvalue weighted by atomic mass is 19.1. The first-order chi connectivity index (χ1) is 10.7. The van der Waals surface area contributed by atoms with Crippen molar-refractivity contribution in [2.24, 2.45) is 0 Å². The lowest BCUT2D eigenvalue weighted by molar-refractivity contribution is 0.0526. The number of ether oxygens (including phenoxy) is 1. The van der Waals surface area contributed by atoms with Crippen LogP contribution in [-0.2, 0) is 4.74 Å². The summed E-state index contributed by atoms with van der Waals surface area (Å²) in [7, 11) is 0. The molecule has 2 aromatic carbocycles. The molecule has 0 N–H and O–H groups in total. The van der Waals surface area contributed by atoms with E-state index >= 15 is 0 Å². The number of benzene rings is 2. The lowest BCUT2D eigenvalue weighted by atomic mass is 9.99. The molecule has 1 aliphatic carbocycles. The molecule has 0 spiro atoms. The molecule has 0 amide bonds. The van der Waals surface area contributed by atoms with Gasteiger partial charge in [-0.05, 0) is 55.5 Å². The minimum atomic E-state index is -0.349. The summed E-state index contributed by atoms with van der Waals surface area (Å²) in [5, 5.41) is 1.89. The molecule has 0 aliphatic heterocycles. The number of hydrogen-bond donors (Lipinski definition) is 0. The lowest BCUT2D eigenvalue weighted by Gasteiger charge is -2.06. The molecule has 4 heteroatoms. The normalized spacial score (nSPS) is 14.6. The minimum absolute atomic E-state index is 0.329. The summed E-state index contributed by atoms with van der Waals surface area (Å²) >= 11 is 0. The topological polar surface area (TPSA) is 39.4 Å². The lowest BCUT2D eigenvalue weighted by Crippen LogP contribution is -2.05. The molecule has 22 heavy (non-hydrogen) atoms. The average Bonchev–Trinajstić information content (AvgIpc) is 3.27. The number of carbonyl (C=O) groups is 1. The second-order valence-electron chi connectivity index (χ2n) is 5.68. The number of halogens is 1. The molecule has 1 fully saturated rings. The van der Waals surface area contributed by atoms with Gasteiger partial charge in [0, 0.05) is 16.8 Å². The maximum Gasteiger partial charge on any atom is 0.338 e. The third kappa shape index (κ3) is 2.06. The maximum atomic E-state index is 13.4. The van der Waals surface area contributed by atoms with Crippen molar-refractivity contribution in [2.75, 3.05) is 6.61 Å². The predicted octanol–water partition coefficient (Wildman–Crippen LogP) is 4.78. The van der Waals surface area contributed by atoms with Gasteiger partial charge < -0.3 is 9.15 Å². The van der Waals surface area contributed by atoms with Gasteiger partial charge in [0.05, 0.1) is 12.2 Å². The molecule has 1 saturated carbocycles. The van der Waals surface area contributed by atoms with Crippen LogP contribution in [0.5, 0.6) is 0 Å². The number of fused-ring (bicyclic) bond motifs is 3. The maximum absolute atomic E-state index is 13.4. The zero-order valence-electron chi connectivity index (χ0n) is 12.2. The van der Waals surface area contributed by atoms with E-state index in [9.17, 15) is 9.18 Å². The van der Waals surface area contributed by atoms with Crippen LogP contribution in [0.15, 0.2) is 34.7 Å². The zero-order chi connectivity index (χ0) is 15.3. The molecule has 0 unspecified atom stereocenters. The van der Waals surface area contributed by atoms with Crippen molar-refractivity contribution in [2.45, 2.75) is 25.7 Å². The second-order valence-corrected chi connectivity index (χ2v) is 5.68. The van der Waals surface area contributed by atoms with Crippen LogP contribution in [0.2, 0.25) is 0 Å². The van der Waals surface area contributed by atoms with Crippen LogP contribution < -0.4 is 0 Å². The van der Waals surface area contributed by atoms with E-state index in [1.54, 1.807) is 19.1 Å². The number of furan rings is 1. The highest BCUT2D eigenvalue weighted by Crippen LogP contribution is 2.46. The van der Waals surface area contributed by atoms with Crippen molar-refractivity contribution in [3.05, 3.63) is 47.3 Å². The molecule has 4 rings (SSSR count). The Balaban J connectivity index is 2.00. The molecule has 1 heterocycles. The summed E-state index contributed by atoms with van der Waals surface area (Å²) in [4.78, 5) is 12.0. The van der Waals surface area contributed by atoms with Crippen molar-refractivity contribution in [3.8, 4) is 0 Å². The van der Waals surface area contributed by atoms with Crippen LogP contribution in [0, 0.1) is 5.82 Å². The summed E-state index contributed by atoms with van der Waals surface area (Å²) in [5.41, 5.74) is 2.73. The van der Waals surface area contributed by atoms with Crippen molar-refractivity contribution >= 4 is 27.9 Å². The first kappa shape index (κ1) is 13.3. The number of carbonyl (C=O) groups excluding carboxylic acids is 1. The van der Waals surface area contributed by atoms with E-state index in [2.05, 4.69) is 0 Å². The molecule has 1 aromatic heterocycles. The van der Waals surface area contributed by atoms with Gasteiger partial charge in [0.2, 0.25) is 0 Å². The van der Waals surface area contributed by atoms with E-state index in [-0.39, 0.29) is 11.8 Å². The average molecular weight is 298 g/mol. The molecule has 0 saturated heterocycles. The molecule has 3 nitrogen and oxygen atoms in total. The summed E-state index contributed by atoms with van der Waals surface area (Å²) in [6.45, 7) is 2.11. The van der Waals surface area contributed by atoms with Crippen LogP contribution in [0.3, 0.4) is 0 Å². The fraction of sp³-hybridized carbons (Fsp3) is 0.278. The van der Waals surface area contributed by atoms with Gasteiger partial charge in [-0.25, -0.2) is 9.18 Å². The Hall–Kier alpha value is -2.36. The van der Waals surface area contributed by atoms with Gasteiger partial charge in [0.25, 0.3) is 0 Å². The van der Waals surface area contributed by atoms with E-state index in [1.165, 1.54) is 12.1 Å². The molecule has 112 valence electrons. The molecule has 0 atom stereocenters. The monoisotopic (exact) mass is 298 g/mol. The van der Waals surface area contributed by atoms with Crippen LogP contribution >= 0.6 is 0 Å². The highest BCUT2D eigenvalue weighted by molar-refractivity contribution is 6.09. The van der Waals surface area contributed by atoms with Gasteiger partial charge in [-0.2, -0.15) is 0 Å². The van der Waals surface area contributed by atoms with Crippen molar-refractivity contribution < 1.29 is 18.3 Å². The quantitative estimate of drug-likeness (QED) is 0.653. The number of rotatable bonds is 3. The van der Waals surface area contributed by atoms with E-state index < -0.39 is 0 Å². The van der Waals surface area contributed by atoms with E-state index in [0.717, 1.165) is 29.2 Å². The second kappa shape index (κ2) is 4.83. The van der Waals surface area contributed by atoms with Crippen molar-refractivity contribution in [3.63, 3.8) is 0 Å². The minimum Gasteiger partial charge on any atom is -0.462 e. The highest BCUT2D eigenvalue weighted by Gasteiger charge is 2.29. The smallest absolute Gasteiger partial charge is 0.338 e. The fourth-order valence-electron chi connectivity index (χ4n) is 2.96. The summed E-state index contributed by atoms with van der Waals surface area (Å²) in [5.74, 6) is -0.231. The standard InChI is InChI=1S/C18H15FO3/c1-2-21-18(20)11-7-14(10-3-4-10)17-13-6-5-12(19)9-15(13)22-16(17)8-11/h5-10H,2-4H2,1H3. The molecule has 3 aromatic rings. The third-order valence-electron chi connectivity index (χ3n) is 4.09. The van der Waals surface area contributed by atoms with Crippen molar-refractivity contribution in [1.82, 2.24) is 0 Å². The summed E-state index contributed by atoms with van der Waals surface area (Å²) in [6, 6.07) is 8.16. The number of esters is 1. The summed E-state index contributed by atoms with van der Waals surface area (Å²) in [6.07, 6.45) is 2.21. The Morgan fingerprint density at radius 2 is 2.09 bits per heavy atom. The van der Waals surface area contributed by atoms with Gasteiger partial charge in [-0.15, -0.1) is 0 Å². The van der Waals surface area contributed by atoms with E-state index in [0.29, 0.717) is 29.3 Å². The van der Waals surface area contributed by atoms with Crippen LogP contribution in [0.1, 0.15) is 41.6 Å².